The first-order chi connectivity index (χ1) is 14.0. The van der Waals surface area contributed by atoms with E-state index in [1.54, 1.807) is 18.2 Å². The number of fused-ring (bicyclic) bond motifs is 1. The van der Waals surface area contributed by atoms with Gasteiger partial charge in [-0.15, -0.1) is 0 Å². The smallest absolute Gasteiger partial charge is 0.319 e. The second-order valence-corrected chi connectivity index (χ2v) is 7.79. The Balaban J connectivity index is 1.56. The van der Waals surface area contributed by atoms with Gasteiger partial charge < -0.3 is 15.5 Å². The molecule has 0 bridgehead atoms. The van der Waals surface area contributed by atoms with Gasteiger partial charge in [0.15, 0.2) is 0 Å². The highest BCUT2D eigenvalue weighted by Crippen LogP contribution is 2.32. The van der Waals surface area contributed by atoms with Crippen LogP contribution >= 0.6 is 0 Å². The number of carbonyl (C=O) groups excluding carboxylic acids is 3. The number of hydrogen-bond donors (Lipinski definition) is 2. The first-order valence-corrected chi connectivity index (χ1v) is 10.8. The highest BCUT2D eigenvalue weighted by molar-refractivity contribution is 6.22. The Morgan fingerprint density at radius 3 is 2.45 bits per heavy atom. The largest absolute Gasteiger partial charge is 0.338 e. The molecule has 1 aromatic carbocycles. The second-order valence-electron chi connectivity index (χ2n) is 7.79. The minimum atomic E-state index is -0.301. The van der Waals surface area contributed by atoms with Gasteiger partial charge in [-0.05, 0) is 57.1 Å². The lowest BCUT2D eigenvalue weighted by atomic mass is 9.94. The summed E-state index contributed by atoms with van der Waals surface area (Å²) in [5.41, 5.74) is 1.35. The first kappa shape index (κ1) is 21.3. The zero-order chi connectivity index (χ0) is 20.8. The van der Waals surface area contributed by atoms with Crippen molar-refractivity contribution in [2.75, 3.05) is 31.5 Å². The summed E-state index contributed by atoms with van der Waals surface area (Å²) in [6.45, 7) is 7.78. The molecular weight excluding hydrogens is 368 g/mol. The van der Waals surface area contributed by atoms with E-state index in [1.807, 2.05) is 0 Å². The summed E-state index contributed by atoms with van der Waals surface area (Å²) in [6.07, 6.45) is 5.91. The minimum absolute atomic E-state index is 0.00154. The van der Waals surface area contributed by atoms with E-state index in [-0.39, 0.29) is 23.9 Å². The van der Waals surface area contributed by atoms with Crippen LogP contribution in [0.3, 0.4) is 0 Å². The minimum Gasteiger partial charge on any atom is -0.338 e. The summed E-state index contributed by atoms with van der Waals surface area (Å²) in [5, 5.41) is 5.62. The van der Waals surface area contributed by atoms with Gasteiger partial charge in [0.05, 0.1) is 11.1 Å². The number of imide groups is 1. The van der Waals surface area contributed by atoms with Crippen molar-refractivity contribution < 1.29 is 14.4 Å². The molecule has 1 aliphatic heterocycles. The Kier molecular flexibility index (Phi) is 7.25. The van der Waals surface area contributed by atoms with Gasteiger partial charge in [-0.3, -0.25) is 14.5 Å². The molecule has 2 N–H and O–H groups in total. The molecule has 2 aliphatic rings. The lowest BCUT2D eigenvalue weighted by molar-refractivity contribution is 0.0549. The fourth-order valence-electron chi connectivity index (χ4n) is 4.23. The van der Waals surface area contributed by atoms with Gasteiger partial charge in [0.1, 0.15) is 0 Å². The predicted octanol–water partition coefficient (Wildman–Crippen LogP) is 3.47. The number of rotatable bonds is 8. The third-order valence-corrected chi connectivity index (χ3v) is 5.95. The average Bonchev–Trinajstić information content (AvgIpc) is 2.98. The van der Waals surface area contributed by atoms with Crippen molar-refractivity contribution in [1.29, 1.82) is 0 Å². The molecule has 4 amide bonds. The fraction of sp³-hybridized carbons (Fsp3) is 0.591. The van der Waals surface area contributed by atoms with Crippen LogP contribution in [-0.4, -0.2) is 59.9 Å². The van der Waals surface area contributed by atoms with Crippen LogP contribution in [0.1, 0.15) is 73.1 Å². The third-order valence-electron chi connectivity index (χ3n) is 5.95. The maximum Gasteiger partial charge on any atom is 0.319 e. The number of carbonyl (C=O) groups is 3. The molecule has 0 aromatic heterocycles. The second kappa shape index (κ2) is 9.87. The van der Waals surface area contributed by atoms with Crippen LogP contribution in [0.25, 0.3) is 0 Å². The van der Waals surface area contributed by atoms with Gasteiger partial charge in [-0.2, -0.15) is 0 Å². The van der Waals surface area contributed by atoms with Gasteiger partial charge in [-0.1, -0.05) is 33.1 Å². The van der Waals surface area contributed by atoms with E-state index in [2.05, 4.69) is 29.4 Å². The van der Waals surface area contributed by atoms with Crippen LogP contribution in [0.15, 0.2) is 18.2 Å². The van der Waals surface area contributed by atoms with Crippen molar-refractivity contribution in [3.05, 3.63) is 29.3 Å². The highest BCUT2D eigenvalue weighted by Gasteiger charge is 2.40. The van der Waals surface area contributed by atoms with E-state index in [1.165, 1.54) is 4.90 Å². The van der Waals surface area contributed by atoms with E-state index >= 15 is 0 Å². The molecule has 0 unspecified atom stereocenters. The molecule has 1 aromatic rings. The molecule has 7 heteroatoms. The summed E-state index contributed by atoms with van der Waals surface area (Å²) in [6, 6.07) is 4.65. The molecule has 29 heavy (non-hydrogen) atoms. The normalized spacial score (nSPS) is 17.0. The zero-order valence-corrected chi connectivity index (χ0v) is 17.5. The quantitative estimate of drug-likeness (QED) is 0.517. The van der Waals surface area contributed by atoms with E-state index in [4.69, 9.17) is 0 Å². The van der Waals surface area contributed by atoms with E-state index < -0.39 is 0 Å². The lowest BCUT2D eigenvalue weighted by Gasteiger charge is -2.29. The monoisotopic (exact) mass is 400 g/mol. The first-order valence-electron chi connectivity index (χ1n) is 10.8. The number of amides is 4. The molecule has 7 nitrogen and oxygen atoms in total. The summed E-state index contributed by atoms with van der Waals surface area (Å²) < 4.78 is 0. The van der Waals surface area contributed by atoms with Crippen molar-refractivity contribution in [3.8, 4) is 0 Å². The van der Waals surface area contributed by atoms with Crippen molar-refractivity contribution in [3.63, 3.8) is 0 Å². The van der Waals surface area contributed by atoms with Crippen molar-refractivity contribution in [2.45, 2.75) is 58.4 Å². The maximum atomic E-state index is 12.8. The van der Waals surface area contributed by atoms with Gasteiger partial charge in [0.25, 0.3) is 11.8 Å². The predicted molar refractivity (Wildman–Crippen MR) is 113 cm³/mol. The molecule has 1 fully saturated rings. The van der Waals surface area contributed by atoms with Crippen LogP contribution in [0.5, 0.6) is 0 Å². The molecule has 0 atom stereocenters. The third kappa shape index (κ3) is 4.96. The topological polar surface area (TPSA) is 81.8 Å². The van der Waals surface area contributed by atoms with Gasteiger partial charge in [-0.25, -0.2) is 4.79 Å². The summed E-state index contributed by atoms with van der Waals surface area (Å²) >= 11 is 0. The van der Waals surface area contributed by atoms with E-state index in [0.29, 0.717) is 23.4 Å². The molecule has 0 saturated heterocycles. The number of benzene rings is 1. The number of hydrogen-bond acceptors (Lipinski definition) is 4. The molecule has 0 radical (unpaired) electrons. The molecule has 0 spiro atoms. The van der Waals surface area contributed by atoms with E-state index in [9.17, 15) is 14.4 Å². The summed E-state index contributed by atoms with van der Waals surface area (Å²) in [7, 11) is 0. The van der Waals surface area contributed by atoms with Gasteiger partial charge >= 0.3 is 6.03 Å². The Morgan fingerprint density at radius 2 is 1.76 bits per heavy atom. The molecule has 3 rings (SSSR count). The number of anilines is 1. The molecule has 1 saturated carbocycles. The lowest BCUT2D eigenvalue weighted by Crippen LogP contribution is -2.40. The van der Waals surface area contributed by atoms with Crippen LogP contribution < -0.4 is 10.6 Å². The summed E-state index contributed by atoms with van der Waals surface area (Å²) in [4.78, 5) is 41.5. The highest BCUT2D eigenvalue weighted by atomic mass is 16.2. The molecule has 1 heterocycles. The standard InChI is InChI=1S/C22H32N4O3/c1-3-25(4-2)14-8-13-23-22(29)24-16-11-12-18-19(15-16)21(28)26(20(18)27)17-9-6-5-7-10-17/h11-12,15,17H,3-10,13-14H2,1-2H3,(H2,23,24,29). The molecule has 158 valence electrons. The SMILES string of the molecule is CCN(CC)CCCNC(=O)Nc1ccc2c(c1)C(=O)N(C1CCCCC1)C2=O. The molecular formula is C22H32N4O3. The Morgan fingerprint density at radius 1 is 1.07 bits per heavy atom. The molecule has 1 aliphatic carbocycles. The van der Waals surface area contributed by atoms with Crippen LogP contribution in [0, 0.1) is 0 Å². The van der Waals surface area contributed by atoms with E-state index in [0.717, 1.165) is 58.2 Å². The number of nitrogens with zero attached hydrogens (tertiary/aromatic N) is 2. The van der Waals surface area contributed by atoms with Gasteiger partial charge in [0, 0.05) is 18.3 Å². The van der Waals surface area contributed by atoms with Crippen molar-refractivity contribution in [1.82, 2.24) is 15.1 Å². The maximum absolute atomic E-state index is 12.8. The van der Waals surface area contributed by atoms with Crippen molar-refractivity contribution >= 4 is 23.5 Å². The Labute approximate surface area is 172 Å². The zero-order valence-electron chi connectivity index (χ0n) is 17.5. The number of nitrogens with one attached hydrogen (secondary N) is 2. The van der Waals surface area contributed by atoms with Crippen molar-refractivity contribution in [2.24, 2.45) is 0 Å². The average molecular weight is 401 g/mol. The van der Waals surface area contributed by atoms with Crippen LogP contribution in [-0.2, 0) is 0 Å². The van der Waals surface area contributed by atoms with Crippen LogP contribution in [0.4, 0.5) is 10.5 Å². The van der Waals surface area contributed by atoms with Gasteiger partial charge in [0.2, 0.25) is 0 Å². The Hall–Kier alpha value is -2.41. The number of urea groups is 1. The summed E-state index contributed by atoms with van der Waals surface area (Å²) in [5.74, 6) is -0.440. The Bertz CT molecular complexity index is 754. The van der Waals surface area contributed by atoms with Crippen LogP contribution in [0.2, 0.25) is 0 Å². The fourth-order valence-corrected chi connectivity index (χ4v) is 4.23.